The molecule has 0 saturated heterocycles. The van der Waals surface area contributed by atoms with Crippen LogP contribution in [0.4, 0.5) is 0 Å². The first-order valence-corrected chi connectivity index (χ1v) is 5.52. The van der Waals surface area contributed by atoms with E-state index in [0.717, 1.165) is 4.67 Å². The number of hydrogen-bond donors (Lipinski definition) is 3. The van der Waals surface area contributed by atoms with Crippen molar-refractivity contribution in [2.45, 2.75) is 6.54 Å². The average Bonchev–Trinajstić information content (AvgIpc) is 2.07. The van der Waals surface area contributed by atoms with Crippen molar-refractivity contribution < 1.29 is 19.5 Å². The second kappa shape index (κ2) is 4.11. The zero-order chi connectivity index (χ0) is 10.8. The molecule has 14 heavy (non-hydrogen) atoms. The molecule has 0 bridgehead atoms. The summed E-state index contributed by atoms with van der Waals surface area (Å²) in [6, 6.07) is 6.43. The third-order valence-corrected chi connectivity index (χ3v) is 2.87. The van der Waals surface area contributed by atoms with Gasteiger partial charge in [-0.25, -0.2) is 9.24 Å². The van der Waals surface area contributed by atoms with Gasteiger partial charge in [-0.15, -0.1) is 0 Å². The van der Waals surface area contributed by atoms with Crippen molar-refractivity contribution >= 4 is 7.75 Å². The van der Waals surface area contributed by atoms with Gasteiger partial charge in [0.2, 0.25) is 0 Å². The van der Waals surface area contributed by atoms with Gasteiger partial charge in [-0.05, 0) is 13.1 Å². The molecule has 0 aliphatic heterocycles. The Morgan fingerprint density at radius 1 is 1.36 bits per heavy atom. The monoisotopic (exact) mass is 217 g/mol. The summed E-state index contributed by atoms with van der Waals surface area (Å²) in [7, 11) is -2.92. The highest BCUT2D eigenvalue weighted by molar-refractivity contribution is 7.49. The Morgan fingerprint density at radius 2 is 1.93 bits per heavy atom. The van der Waals surface area contributed by atoms with Gasteiger partial charge in [0.25, 0.3) is 0 Å². The summed E-state index contributed by atoms with van der Waals surface area (Å²) < 4.78 is 11.7. The quantitative estimate of drug-likeness (QED) is 0.656. The maximum Gasteiger partial charge on any atom is 0.403 e. The second-order valence-corrected chi connectivity index (χ2v) is 4.67. The number of para-hydroxylation sites is 1. The molecule has 3 N–H and O–H groups in total. The number of benzene rings is 1. The van der Waals surface area contributed by atoms with Gasteiger partial charge < -0.3 is 14.9 Å². The predicted molar refractivity (Wildman–Crippen MR) is 51.6 cm³/mol. The molecule has 1 rings (SSSR count). The Morgan fingerprint density at radius 3 is 2.43 bits per heavy atom. The third-order valence-electron chi connectivity index (χ3n) is 1.84. The van der Waals surface area contributed by atoms with Gasteiger partial charge in [0.15, 0.2) is 0 Å². The first-order chi connectivity index (χ1) is 6.41. The molecule has 0 atom stereocenters. The van der Waals surface area contributed by atoms with E-state index in [2.05, 4.69) is 0 Å². The van der Waals surface area contributed by atoms with Crippen molar-refractivity contribution in [2.24, 2.45) is 0 Å². The zero-order valence-corrected chi connectivity index (χ0v) is 8.56. The highest BCUT2D eigenvalue weighted by Crippen LogP contribution is 2.39. The van der Waals surface area contributed by atoms with Crippen LogP contribution in [0.25, 0.3) is 0 Å². The minimum Gasteiger partial charge on any atom is -0.508 e. The van der Waals surface area contributed by atoms with Crippen LogP contribution in [0, 0.1) is 0 Å². The lowest BCUT2D eigenvalue weighted by Gasteiger charge is -2.17. The lowest BCUT2D eigenvalue weighted by Crippen LogP contribution is -2.13. The van der Waals surface area contributed by atoms with Gasteiger partial charge in [-0.3, -0.25) is 0 Å². The first-order valence-electron chi connectivity index (χ1n) is 3.95. The van der Waals surface area contributed by atoms with Gasteiger partial charge in [0.1, 0.15) is 5.75 Å². The minimum absolute atomic E-state index is 0.0109. The van der Waals surface area contributed by atoms with E-state index in [1.165, 1.54) is 13.1 Å². The first kappa shape index (κ1) is 11.2. The van der Waals surface area contributed by atoms with Gasteiger partial charge in [0.05, 0.1) is 0 Å². The molecule has 0 aromatic heterocycles. The summed E-state index contributed by atoms with van der Waals surface area (Å²) in [6.07, 6.45) is 0. The molecule has 1 aromatic rings. The van der Waals surface area contributed by atoms with Crippen LogP contribution in [0.3, 0.4) is 0 Å². The normalized spacial score (nSPS) is 12.0. The topological polar surface area (TPSA) is 81.0 Å². The number of hydrogen-bond acceptors (Lipinski definition) is 2. The summed E-state index contributed by atoms with van der Waals surface area (Å²) in [5.41, 5.74) is 0.485. The van der Waals surface area contributed by atoms with Crippen LogP contribution < -0.4 is 0 Å². The largest absolute Gasteiger partial charge is 0.508 e. The fourth-order valence-corrected chi connectivity index (χ4v) is 1.32. The lowest BCUT2D eigenvalue weighted by atomic mass is 10.2. The Hall–Kier alpha value is -0.870. The summed E-state index contributed by atoms with van der Waals surface area (Å²) in [4.78, 5) is 17.6. The highest BCUT2D eigenvalue weighted by atomic mass is 31.2. The van der Waals surface area contributed by atoms with Crippen molar-refractivity contribution in [3.8, 4) is 5.75 Å². The molecule has 78 valence electrons. The van der Waals surface area contributed by atoms with Crippen LogP contribution >= 0.6 is 7.75 Å². The molecule has 0 heterocycles. The molecule has 0 aliphatic rings. The molecular weight excluding hydrogens is 205 g/mol. The molecule has 0 fully saturated rings. The van der Waals surface area contributed by atoms with E-state index in [9.17, 15) is 9.67 Å². The maximum absolute atomic E-state index is 10.8. The zero-order valence-electron chi connectivity index (χ0n) is 7.66. The summed E-state index contributed by atoms with van der Waals surface area (Å²) in [5, 5.41) is 9.35. The van der Waals surface area contributed by atoms with E-state index in [0.29, 0.717) is 5.56 Å². The number of aromatic hydroxyl groups is 1. The standard InChI is InChI=1S/C8H12NO4P/c1-9(14(11,12)13)6-7-4-2-3-5-8(7)10/h2-5,10H,6H2,1H3,(H2,11,12,13). The van der Waals surface area contributed by atoms with E-state index in [1.54, 1.807) is 18.2 Å². The summed E-state index contributed by atoms with van der Waals surface area (Å²) >= 11 is 0. The van der Waals surface area contributed by atoms with Crippen molar-refractivity contribution in [1.82, 2.24) is 4.67 Å². The number of phenolic OH excluding ortho intramolecular Hbond substituents is 1. The van der Waals surface area contributed by atoms with Crippen LogP contribution in [0.15, 0.2) is 24.3 Å². The van der Waals surface area contributed by atoms with E-state index >= 15 is 0 Å². The Balaban J connectivity index is 2.80. The van der Waals surface area contributed by atoms with Crippen molar-refractivity contribution in [3.63, 3.8) is 0 Å². The van der Waals surface area contributed by atoms with Crippen molar-refractivity contribution in [2.75, 3.05) is 7.05 Å². The smallest absolute Gasteiger partial charge is 0.403 e. The Bertz CT molecular complexity index is 362. The maximum atomic E-state index is 10.8. The van der Waals surface area contributed by atoms with Gasteiger partial charge in [0, 0.05) is 12.1 Å². The summed E-state index contributed by atoms with van der Waals surface area (Å²) in [6.45, 7) is 0.0109. The van der Waals surface area contributed by atoms with E-state index in [-0.39, 0.29) is 12.3 Å². The molecule has 5 nitrogen and oxygen atoms in total. The van der Waals surface area contributed by atoms with Crippen LogP contribution in [-0.4, -0.2) is 26.6 Å². The molecule has 0 saturated carbocycles. The van der Waals surface area contributed by atoms with Crippen molar-refractivity contribution in [3.05, 3.63) is 29.8 Å². The lowest BCUT2D eigenvalue weighted by molar-refractivity contribution is 0.287. The van der Waals surface area contributed by atoms with Gasteiger partial charge in [-0.1, -0.05) is 18.2 Å². The van der Waals surface area contributed by atoms with Gasteiger partial charge >= 0.3 is 7.75 Å². The van der Waals surface area contributed by atoms with Crippen LogP contribution in [0.1, 0.15) is 5.56 Å². The molecular formula is C8H12NO4P. The van der Waals surface area contributed by atoms with E-state index < -0.39 is 7.75 Å². The second-order valence-electron chi connectivity index (χ2n) is 2.96. The molecule has 0 aliphatic carbocycles. The van der Waals surface area contributed by atoms with Crippen molar-refractivity contribution in [1.29, 1.82) is 0 Å². The van der Waals surface area contributed by atoms with Crippen LogP contribution in [0.5, 0.6) is 5.75 Å². The summed E-state index contributed by atoms with van der Waals surface area (Å²) in [5.74, 6) is 0.0350. The molecule has 0 spiro atoms. The molecule has 0 unspecified atom stereocenters. The number of nitrogens with zero attached hydrogens (tertiary/aromatic N) is 1. The van der Waals surface area contributed by atoms with Crippen LogP contribution in [0.2, 0.25) is 0 Å². The third kappa shape index (κ3) is 2.82. The number of phenols is 1. The average molecular weight is 217 g/mol. The molecule has 6 heteroatoms. The molecule has 0 amide bonds. The molecule has 0 radical (unpaired) electrons. The van der Waals surface area contributed by atoms with Gasteiger partial charge in [-0.2, -0.15) is 0 Å². The van der Waals surface area contributed by atoms with Crippen LogP contribution in [-0.2, 0) is 11.1 Å². The molecule has 1 aromatic carbocycles. The highest BCUT2D eigenvalue weighted by Gasteiger charge is 2.21. The fraction of sp³-hybridized carbons (Fsp3) is 0.250. The minimum atomic E-state index is -4.22. The Labute approximate surface area is 81.8 Å². The van der Waals surface area contributed by atoms with E-state index in [1.807, 2.05) is 0 Å². The van der Waals surface area contributed by atoms with E-state index in [4.69, 9.17) is 9.79 Å². The number of rotatable bonds is 3. The SMILES string of the molecule is CN(Cc1ccccc1O)P(=O)(O)O. The Kier molecular flexibility index (Phi) is 3.29. The fourth-order valence-electron chi connectivity index (χ4n) is 0.983. The predicted octanol–water partition coefficient (Wildman–Crippen LogP) is 0.917.